The summed E-state index contributed by atoms with van der Waals surface area (Å²) in [5.41, 5.74) is 5.76. The Balaban J connectivity index is 2.32. The summed E-state index contributed by atoms with van der Waals surface area (Å²) in [6.45, 7) is 0. The first-order valence-electron chi connectivity index (χ1n) is 5.50. The maximum absolute atomic E-state index is 13.0. The largest absolute Gasteiger partial charge is 0.455 e. The molecule has 0 atom stereocenters. The minimum Gasteiger partial charge on any atom is -0.455 e. The van der Waals surface area contributed by atoms with Crippen molar-refractivity contribution in [2.75, 3.05) is 12.0 Å². The summed E-state index contributed by atoms with van der Waals surface area (Å²) >= 11 is 0. The van der Waals surface area contributed by atoms with Gasteiger partial charge in [-0.25, -0.2) is 17.2 Å². The number of hydrogen-bond acceptors (Lipinski definition) is 4. The van der Waals surface area contributed by atoms with Crippen molar-refractivity contribution in [3.63, 3.8) is 0 Å². The molecule has 0 radical (unpaired) electrons. The van der Waals surface area contributed by atoms with Crippen LogP contribution in [0.1, 0.15) is 0 Å². The molecule has 4 nitrogen and oxygen atoms in total. The molecule has 0 saturated carbocycles. The molecule has 2 N–H and O–H groups in total. The van der Waals surface area contributed by atoms with Crippen molar-refractivity contribution in [2.24, 2.45) is 0 Å². The highest BCUT2D eigenvalue weighted by Crippen LogP contribution is 2.30. The van der Waals surface area contributed by atoms with Gasteiger partial charge in [-0.2, -0.15) is 0 Å². The third-order valence-corrected chi connectivity index (χ3v) is 3.64. The van der Waals surface area contributed by atoms with E-state index in [9.17, 15) is 17.2 Å². The Labute approximate surface area is 114 Å². The SMILES string of the molecule is CS(=O)(=O)c1ccc(Oc2ccc(F)c(F)c2)c(N)c1. The molecular weight excluding hydrogens is 288 g/mol. The Kier molecular flexibility index (Phi) is 3.63. The molecule has 2 aromatic rings. The van der Waals surface area contributed by atoms with Crippen LogP contribution in [0.4, 0.5) is 14.5 Å². The highest BCUT2D eigenvalue weighted by atomic mass is 32.2. The third kappa shape index (κ3) is 3.05. The molecule has 7 heteroatoms. The van der Waals surface area contributed by atoms with Crippen molar-refractivity contribution in [3.8, 4) is 11.5 Å². The van der Waals surface area contributed by atoms with Crippen LogP contribution >= 0.6 is 0 Å². The number of hydrogen-bond donors (Lipinski definition) is 1. The van der Waals surface area contributed by atoms with E-state index in [1.54, 1.807) is 0 Å². The number of nitrogens with two attached hydrogens (primary N) is 1. The fraction of sp³-hybridized carbons (Fsp3) is 0.0769. The van der Waals surface area contributed by atoms with Crippen LogP contribution in [0.25, 0.3) is 0 Å². The highest BCUT2D eigenvalue weighted by molar-refractivity contribution is 7.90. The molecule has 20 heavy (non-hydrogen) atoms. The van der Waals surface area contributed by atoms with Gasteiger partial charge in [-0.15, -0.1) is 0 Å². The van der Waals surface area contributed by atoms with E-state index in [0.29, 0.717) is 0 Å². The van der Waals surface area contributed by atoms with Gasteiger partial charge >= 0.3 is 0 Å². The van der Waals surface area contributed by atoms with Crippen LogP contribution in [0.3, 0.4) is 0 Å². The van der Waals surface area contributed by atoms with Crippen molar-refractivity contribution in [2.45, 2.75) is 4.90 Å². The lowest BCUT2D eigenvalue weighted by Gasteiger charge is -2.09. The van der Waals surface area contributed by atoms with Crippen LogP contribution in [-0.2, 0) is 9.84 Å². The molecule has 0 saturated heterocycles. The van der Waals surface area contributed by atoms with Crippen LogP contribution in [0.2, 0.25) is 0 Å². The number of rotatable bonds is 3. The Hall–Kier alpha value is -2.15. The minimum atomic E-state index is -3.37. The van der Waals surface area contributed by atoms with Gasteiger partial charge in [-0.05, 0) is 30.3 Å². The van der Waals surface area contributed by atoms with E-state index in [2.05, 4.69) is 0 Å². The van der Waals surface area contributed by atoms with E-state index >= 15 is 0 Å². The first-order chi connectivity index (χ1) is 9.27. The van der Waals surface area contributed by atoms with Gasteiger partial charge in [0.15, 0.2) is 21.5 Å². The maximum Gasteiger partial charge on any atom is 0.175 e. The molecule has 0 aromatic heterocycles. The molecule has 0 bridgehead atoms. The van der Waals surface area contributed by atoms with E-state index in [0.717, 1.165) is 18.4 Å². The van der Waals surface area contributed by atoms with E-state index < -0.39 is 21.5 Å². The lowest BCUT2D eigenvalue weighted by Crippen LogP contribution is -2.00. The molecule has 0 fully saturated rings. The molecule has 0 spiro atoms. The molecule has 0 heterocycles. The summed E-state index contributed by atoms with van der Waals surface area (Å²) in [6, 6.07) is 6.95. The van der Waals surface area contributed by atoms with E-state index in [1.807, 2.05) is 0 Å². The van der Waals surface area contributed by atoms with Crippen LogP contribution in [0.15, 0.2) is 41.3 Å². The van der Waals surface area contributed by atoms with Gasteiger partial charge in [0, 0.05) is 12.3 Å². The average molecular weight is 299 g/mol. The van der Waals surface area contributed by atoms with Gasteiger partial charge in [0.2, 0.25) is 0 Å². The number of benzene rings is 2. The Morgan fingerprint density at radius 2 is 1.75 bits per heavy atom. The van der Waals surface area contributed by atoms with Crippen molar-refractivity contribution < 1.29 is 21.9 Å². The van der Waals surface area contributed by atoms with Crippen molar-refractivity contribution in [1.29, 1.82) is 0 Å². The fourth-order valence-corrected chi connectivity index (χ4v) is 2.17. The third-order valence-electron chi connectivity index (χ3n) is 2.53. The van der Waals surface area contributed by atoms with Gasteiger partial charge in [0.1, 0.15) is 11.5 Å². The summed E-state index contributed by atoms with van der Waals surface area (Å²) in [6.07, 6.45) is 1.05. The minimum absolute atomic E-state index is 0.0487. The van der Waals surface area contributed by atoms with Gasteiger partial charge < -0.3 is 10.5 Å². The number of ether oxygens (including phenoxy) is 1. The number of sulfone groups is 1. The average Bonchev–Trinajstić information content (AvgIpc) is 2.35. The van der Waals surface area contributed by atoms with Crippen LogP contribution in [0.5, 0.6) is 11.5 Å². The second-order valence-corrected chi connectivity index (χ2v) is 6.17. The van der Waals surface area contributed by atoms with Gasteiger partial charge in [-0.1, -0.05) is 0 Å². The first-order valence-corrected chi connectivity index (χ1v) is 7.39. The van der Waals surface area contributed by atoms with Crippen molar-refractivity contribution in [3.05, 3.63) is 48.0 Å². The van der Waals surface area contributed by atoms with Crippen molar-refractivity contribution in [1.82, 2.24) is 0 Å². The monoisotopic (exact) mass is 299 g/mol. The lowest BCUT2D eigenvalue weighted by molar-refractivity contribution is 0.463. The summed E-state index contributed by atoms with van der Waals surface area (Å²) in [5.74, 6) is -1.82. The Morgan fingerprint density at radius 3 is 2.30 bits per heavy atom. The first kappa shape index (κ1) is 14.3. The predicted molar refractivity (Wildman–Crippen MR) is 70.4 cm³/mol. The zero-order chi connectivity index (χ0) is 14.9. The lowest BCUT2D eigenvalue weighted by atomic mass is 10.3. The van der Waals surface area contributed by atoms with Crippen LogP contribution in [-0.4, -0.2) is 14.7 Å². The summed E-state index contributed by atoms with van der Waals surface area (Å²) in [7, 11) is -3.37. The van der Waals surface area contributed by atoms with Gasteiger partial charge in [0.25, 0.3) is 0 Å². The highest BCUT2D eigenvalue weighted by Gasteiger charge is 2.11. The quantitative estimate of drug-likeness (QED) is 0.885. The topological polar surface area (TPSA) is 69.4 Å². The molecule has 0 amide bonds. The zero-order valence-corrected chi connectivity index (χ0v) is 11.2. The fourth-order valence-electron chi connectivity index (χ4n) is 1.52. The molecular formula is C13H11F2NO3S. The van der Waals surface area contributed by atoms with Crippen molar-refractivity contribution >= 4 is 15.5 Å². The standard InChI is InChI=1S/C13H11F2NO3S/c1-20(17,18)9-3-5-13(12(16)7-9)19-8-2-4-10(14)11(15)6-8/h2-7H,16H2,1H3. The number of anilines is 1. The Bertz CT molecular complexity index is 760. The summed E-state index contributed by atoms with van der Waals surface area (Å²) in [5, 5.41) is 0. The predicted octanol–water partition coefficient (Wildman–Crippen LogP) is 2.74. The second-order valence-electron chi connectivity index (χ2n) is 4.15. The molecule has 106 valence electrons. The molecule has 0 aliphatic heterocycles. The van der Waals surface area contributed by atoms with Crippen LogP contribution in [0, 0.1) is 11.6 Å². The maximum atomic E-state index is 13.0. The Morgan fingerprint density at radius 1 is 1.05 bits per heavy atom. The molecule has 0 aliphatic rings. The molecule has 2 rings (SSSR count). The van der Waals surface area contributed by atoms with Gasteiger partial charge in [0.05, 0.1) is 10.6 Å². The summed E-state index contributed by atoms with van der Waals surface area (Å²) in [4.78, 5) is 0.0487. The van der Waals surface area contributed by atoms with E-state index in [1.165, 1.54) is 24.3 Å². The zero-order valence-electron chi connectivity index (χ0n) is 10.4. The molecule has 2 aromatic carbocycles. The van der Waals surface area contributed by atoms with Gasteiger partial charge in [-0.3, -0.25) is 0 Å². The van der Waals surface area contributed by atoms with E-state index in [4.69, 9.17) is 10.5 Å². The van der Waals surface area contributed by atoms with E-state index in [-0.39, 0.29) is 22.1 Å². The van der Waals surface area contributed by atoms with Crippen LogP contribution < -0.4 is 10.5 Å². The summed E-state index contributed by atoms with van der Waals surface area (Å²) < 4.78 is 53.8. The number of halogens is 2. The number of nitrogen functional groups attached to an aromatic ring is 1. The molecule has 0 aliphatic carbocycles. The second kappa shape index (κ2) is 5.09. The normalized spacial score (nSPS) is 11.3. The molecule has 0 unspecified atom stereocenters. The smallest absolute Gasteiger partial charge is 0.175 e.